The summed E-state index contributed by atoms with van der Waals surface area (Å²) < 4.78 is 5.93. The zero-order chi connectivity index (χ0) is 15.4. The van der Waals surface area contributed by atoms with Crippen LogP contribution in [-0.2, 0) is 6.61 Å². The van der Waals surface area contributed by atoms with Gasteiger partial charge in [0.2, 0.25) is 0 Å². The van der Waals surface area contributed by atoms with Crippen LogP contribution in [0.4, 0.5) is 5.69 Å². The first-order chi connectivity index (χ1) is 10.0. The Morgan fingerprint density at radius 1 is 1.38 bits per heavy atom. The molecule has 2 aromatic carbocycles. The third-order valence-electron chi connectivity index (χ3n) is 2.71. The minimum absolute atomic E-state index is 0.0195. The molecule has 0 aliphatic rings. The lowest BCUT2D eigenvalue weighted by Crippen LogP contribution is -1.99. The standard InChI is InChI=1S/C14H8BrClN2O3/c15-14-10(2-1-3-13(14)18(19)20)8-21-11-5-4-9(7-17)12(16)6-11/h1-6H,8H2. The SMILES string of the molecule is N#Cc1ccc(OCc2cccc([N+](=O)[O-])c2Br)cc1Cl. The molecule has 0 aromatic heterocycles. The minimum Gasteiger partial charge on any atom is -0.489 e. The summed E-state index contributed by atoms with van der Waals surface area (Å²) in [6.07, 6.45) is 0. The Bertz CT molecular complexity index is 743. The lowest BCUT2D eigenvalue weighted by molar-refractivity contribution is -0.385. The number of nitro benzene ring substituents is 1. The van der Waals surface area contributed by atoms with E-state index < -0.39 is 4.92 Å². The molecule has 0 amide bonds. The van der Waals surface area contributed by atoms with Crippen LogP contribution in [0.15, 0.2) is 40.9 Å². The first-order valence-electron chi connectivity index (χ1n) is 5.77. The molecule has 0 fully saturated rings. The highest BCUT2D eigenvalue weighted by Gasteiger charge is 2.15. The molecule has 0 atom stereocenters. The molecule has 2 aromatic rings. The fraction of sp³-hybridized carbons (Fsp3) is 0.0714. The molecule has 0 saturated heterocycles. The molecule has 0 bridgehead atoms. The smallest absolute Gasteiger partial charge is 0.283 e. The molecular formula is C14H8BrClN2O3. The second kappa shape index (κ2) is 6.57. The zero-order valence-corrected chi connectivity index (χ0v) is 12.9. The van der Waals surface area contributed by atoms with Crippen LogP contribution in [0, 0.1) is 21.4 Å². The largest absolute Gasteiger partial charge is 0.489 e. The van der Waals surface area contributed by atoms with E-state index in [9.17, 15) is 10.1 Å². The van der Waals surface area contributed by atoms with Gasteiger partial charge < -0.3 is 4.74 Å². The van der Waals surface area contributed by atoms with Crippen molar-refractivity contribution >= 4 is 33.2 Å². The van der Waals surface area contributed by atoms with Gasteiger partial charge in [-0.25, -0.2) is 0 Å². The molecule has 5 nitrogen and oxygen atoms in total. The molecule has 0 N–H and O–H groups in total. The fourth-order valence-electron chi connectivity index (χ4n) is 1.66. The summed E-state index contributed by atoms with van der Waals surface area (Å²) >= 11 is 9.11. The van der Waals surface area contributed by atoms with Gasteiger partial charge in [-0.1, -0.05) is 23.7 Å². The Hall–Kier alpha value is -2.10. The van der Waals surface area contributed by atoms with Gasteiger partial charge in [0.1, 0.15) is 22.9 Å². The number of hydrogen-bond acceptors (Lipinski definition) is 4. The minimum atomic E-state index is -0.466. The predicted octanol–water partition coefficient (Wildman–Crippen LogP) is 4.46. The van der Waals surface area contributed by atoms with Crippen LogP contribution >= 0.6 is 27.5 Å². The van der Waals surface area contributed by atoms with Crippen molar-refractivity contribution in [1.29, 1.82) is 5.26 Å². The lowest BCUT2D eigenvalue weighted by Gasteiger charge is -2.08. The summed E-state index contributed by atoms with van der Waals surface area (Å²) in [5, 5.41) is 19.9. The van der Waals surface area contributed by atoms with E-state index in [1.54, 1.807) is 24.3 Å². The highest BCUT2D eigenvalue weighted by Crippen LogP contribution is 2.29. The number of benzene rings is 2. The summed E-state index contributed by atoms with van der Waals surface area (Å²) in [5.74, 6) is 0.484. The molecule has 106 valence electrons. The van der Waals surface area contributed by atoms with Crippen LogP contribution in [0.5, 0.6) is 5.75 Å². The number of nitrogens with zero attached hydrogens (tertiary/aromatic N) is 2. The summed E-state index contributed by atoms with van der Waals surface area (Å²) in [6, 6.07) is 11.4. The summed E-state index contributed by atoms with van der Waals surface area (Å²) in [5.41, 5.74) is 0.985. The molecule has 0 aliphatic heterocycles. The maximum absolute atomic E-state index is 10.9. The third kappa shape index (κ3) is 3.51. The first kappa shape index (κ1) is 15.3. The third-order valence-corrected chi connectivity index (χ3v) is 3.94. The number of ether oxygens (including phenoxy) is 1. The van der Waals surface area contributed by atoms with E-state index in [0.29, 0.717) is 26.4 Å². The number of nitro groups is 1. The van der Waals surface area contributed by atoms with Crippen molar-refractivity contribution in [3.05, 3.63) is 67.1 Å². The fourth-order valence-corrected chi connectivity index (χ4v) is 2.39. The van der Waals surface area contributed by atoms with Crippen LogP contribution in [0.1, 0.15) is 11.1 Å². The Kier molecular flexibility index (Phi) is 4.78. The molecule has 0 heterocycles. The highest BCUT2D eigenvalue weighted by molar-refractivity contribution is 9.10. The van der Waals surface area contributed by atoms with Crippen molar-refractivity contribution in [3.63, 3.8) is 0 Å². The molecule has 21 heavy (non-hydrogen) atoms. The maximum atomic E-state index is 10.9. The van der Waals surface area contributed by atoms with Crippen LogP contribution < -0.4 is 4.74 Å². The molecule has 0 radical (unpaired) electrons. The average molecular weight is 368 g/mol. The van der Waals surface area contributed by atoms with Crippen molar-refractivity contribution in [2.75, 3.05) is 0 Å². The van der Waals surface area contributed by atoms with Gasteiger partial charge >= 0.3 is 0 Å². The van der Waals surface area contributed by atoms with Gasteiger partial charge in [0, 0.05) is 17.7 Å². The summed E-state index contributed by atoms with van der Waals surface area (Å²) in [6.45, 7) is 0.143. The van der Waals surface area contributed by atoms with Crippen molar-refractivity contribution in [1.82, 2.24) is 0 Å². The monoisotopic (exact) mass is 366 g/mol. The van der Waals surface area contributed by atoms with E-state index in [0.717, 1.165) is 0 Å². The average Bonchev–Trinajstić information content (AvgIpc) is 2.46. The van der Waals surface area contributed by atoms with Gasteiger partial charge in [0.25, 0.3) is 5.69 Å². The van der Waals surface area contributed by atoms with Crippen LogP contribution in [0.3, 0.4) is 0 Å². The Morgan fingerprint density at radius 3 is 2.76 bits per heavy atom. The predicted molar refractivity (Wildman–Crippen MR) is 81.3 cm³/mol. The number of hydrogen-bond donors (Lipinski definition) is 0. The highest BCUT2D eigenvalue weighted by atomic mass is 79.9. The molecule has 7 heteroatoms. The quantitative estimate of drug-likeness (QED) is 0.590. The lowest BCUT2D eigenvalue weighted by atomic mass is 10.2. The molecular weight excluding hydrogens is 360 g/mol. The van der Waals surface area contributed by atoms with E-state index >= 15 is 0 Å². The van der Waals surface area contributed by atoms with E-state index in [4.69, 9.17) is 21.6 Å². The van der Waals surface area contributed by atoms with Gasteiger partial charge in [0.15, 0.2) is 0 Å². The first-order valence-corrected chi connectivity index (χ1v) is 6.94. The summed E-state index contributed by atoms with van der Waals surface area (Å²) in [7, 11) is 0. The van der Waals surface area contributed by atoms with E-state index in [1.807, 2.05) is 6.07 Å². The molecule has 0 aliphatic carbocycles. The van der Waals surface area contributed by atoms with E-state index in [-0.39, 0.29) is 12.3 Å². The number of rotatable bonds is 4. The Morgan fingerprint density at radius 2 is 2.14 bits per heavy atom. The van der Waals surface area contributed by atoms with Gasteiger partial charge in [0.05, 0.1) is 15.5 Å². The van der Waals surface area contributed by atoms with Crippen LogP contribution in [0.25, 0.3) is 0 Å². The van der Waals surface area contributed by atoms with Crippen molar-refractivity contribution in [2.45, 2.75) is 6.61 Å². The van der Waals surface area contributed by atoms with Crippen LogP contribution in [0.2, 0.25) is 5.02 Å². The molecule has 0 saturated carbocycles. The Balaban J connectivity index is 2.17. The maximum Gasteiger partial charge on any atom is 0.283 e. The number of halogens is 2. The van der Waals surface area contributed by atoms with Crippen molar-refractivity contribution in [3.8, 4) is 11.8 Å². The molecule has 0 unspecified atom stereocenters. The van der Waals surface area contributed by atoms with Gasteiger partial charge in [-0.2, -0.15) is 5.26 Å². The van der Waals surface area contributed by atoms with Crippen LogP contribution in [-0.4, -0.2) is 4.92 Å². The normalized spacial score (nSPS) is 9.95. The van der Waals surface area contributed by atoms with E-state index in [2.05, 4.69) is 15.9 Å². The number of nitriles is 1. The second-order valence-electron chi connectivity index (χ2n) is 4.05. The zero-order valence-electron chi connectivity index (χ0n) is 10.5. The van der Waals surface area contributed by atoms with E-state index in [1.165, 1.54) is 12.1 Å². The second-order valence-corrected chi connectivity index (χ2v) is 5.25. The van der Waals surface area contributed by atoms with Gasteiger partial charge in [-0.3, -0.25) is 10.1 Å². The Labute approximate surface area is 134 Å². The van der Waals surface area contributed by atoms with Gasteiger partial charge in [-0.15, -0.1) is 0 Å². The van der Waals surface area contributed by atoms with Crippen molar-refractivity contribution < 1.29 is 9.66 Å². The van der Waals surface area contributed by atoms with Gasteiger partial charge in [-0.05, 0) is 28.1 Å². The van der Waals surface area contributed by atoms with Crippen molar-refractivity contribution in [2.24, 2.45) is 0 Å². The molecule has 2 rings (SSSR count). The summed E-state index contributed by atoms with van der Waals surface area (Å²) in [4.78, 5) is 10.4. The molecule has 0 spiro atoms. The topological polar surface area (TPSA) is 76.2 Å².